The molecule has 0 unspecified atom stereocenters. The molecule has 8 heteroatoms. The number of nitrogens with two attached hydrogens (primary N) is 1. The molecule has 4 rings (SSSR count). The van der Waals surface area contributed by atoms with Crippen LogP contribution in [0.15, 0.2) is 36.5 Å². The zero-order valence-electron chi connectivity index (χ0n) is 14.9. The van der Waals surface area contributed by atoms with Crippen molar-refractivity contribution >= 4 is 51.7 Å². The smallest absolute Gasteiger partial charge is 0.180 e. The van der Waals surface area contributed by atoms with Crippen molar-refractivity contribution < 1.29 is 0 Å². The van der Waals surface area contributed by atoms with Gasteiger partial charge < -0.3 is 16.0 Å². The van der Waals surface area contributed by atoms with Crippen LogP contribution >= 0.6 is 23.2 Å². The molecule has 3 aromatic rings. The fraction of sp³-hybridized carbons (Fsp3) is 0.316. The van der Waals surface area contributed by atoms with Gasteiger partial charge in [-0.1, -0.05) is 29.3 Å². The van der Waals surface area contributed by atoms with Crippen LogP contribution in [0.1, 0.15) is 19.8 Å². The number of hydrogen-bond donors (Lipinski definition) is 2. The second-order valence-electron chi connectivity index (χ2n) is 7.13. The van der Waals surface area contributed by atoms with E-state index in [0.29, 0.717) is 27.2 Å². The highest BCUT2D eigenvalue weighted by Crippen LogP contribution is 2.31. The van der Waals surface area contributed by atoms with Crippen molar-refractivity contribution in [3.05, 3.63) is 46.6 Å². The standard InChI is InChI=1S/C19H20Cl2N6/c1-19(22)7-9-27(10-8-19)16-11-23-18-14(25-16)5-6-15(26-18)24-13-4-2-3-12(20)17(13)21/h2-6,11H,7-10,22H2,1H3,(H,23,24,26). The summed E-state index contributed by atoms with van der Waals surface area (Å²) in [6.45, 7) is 3.86. The molecule has 0 saturated carbocycles. The minimum absolute atomic E-state index is 0.0927. The quantitative estimate of drug-likeness (QED) is 0.675. The average molecular weight is 403 g/mol. The lowest BCUT2D eigenvalue weighted by atomic mass is 9.91. The van der Waals surface area contributed by atoms with Gasteiger partial charge in [0.25, 0.3) is 0 Å². The van der Waals surface area contributed by atoms with Crippen LogP contribution in [0.4, 0.5) is 17.3 Å². The van der Waals surface area contributed by atoms with Crippen molar-refractivity contribution in [2.24, 2.45) is 5.73 Å². The van der Waals surface area contributed by atoms with Crippen molar-refractivity contribution in [1.82, 2.24) is 15.0 Å². The van der Waals surface area contributed by atoms with Crippen LogP contribution in [0.2, 0.25) is 10.0 Å². The van der Waals surface area contributed by atoms with Crippen molar-refractivity contribution in [2.75, 3.05) is 23.3 Å². The number of piperidine rings is 1. The molecule has 0 bridgehead atoms. The third kappa shape index (κ3) is 3.93. The zero-order valence-corrected chi connectivity index (χ0v) is 16.4. The molecule has 3 N–H and O–H groups in total. The van der Waals surface area contributed by atoms with Gasteiger partial charge in [-0.15, -0.1) is 0 Å². The molecular weight excluding hydrogens is 383 g/mol. The van der Waals surface area contributed by atoms with Crippen LogP contribution in [0.3, 0.4) is 0 Å². The minimum Gasteiger partial charge on any atom is -0.355 e. The second-order valence-corrected chi connectivity index (χ2v) is 7.92. The summed E-state index contributed by atoms with van der Waals surface area (Å²) in [4.78, 5) is 15.9. The van der Waals surface area contributed by atoms with Gasteiger partial charge in [0.15, 0.2) is 5.65 Å². The third-order valence-corrected chi connectivity index (χ3v) is 5.65. The molecule has 2 aromatic heterocycles. The Hall–Kier alpha value is -2.15. The molecule has 1 aliphatic rings. The van der Waals surface area contributed by atoms with E-state index in [-0.39, 0.29) is 5.54 Å². The van der Waals surface area contributed by atoms with E-state index >= 15 is 0 Å². The molecule has 27 heavy (non-hydrogen) atoms. The molecule has 140 valence electrons. The van der Waals surface area contributed by atoms with Gasteiger partial charge in [-0.3, -0.25) is 0 Å². The Kier molecular flexibility index (Phi) is 4.80. The highest BCUT2D eigenvalue weighted by atomic mass is 35.5. The molecule has 0 spiro atoms. The van der Waals surface area contributed by atoms with Crippen LogP contribution < -0.4 is 16.0 Å². The second kappa shape index (κ2) is 7.11. The average Bonchev–Trinajstić information content (AvgIpc) is 2.65. The number of halogens is 2. The Balaban J connectivity index is 1.56. The fourth-order valence-electron chi connectivity index (χ4n) is 3.10. The maximum absolute atomic E-state index is 6.22. The molecule has 6 nitrogen and oxygen atoms in total. The molecule has 1 aliphatic heterocycles. The first-order valence-electron chi connectivity index (χ1n) is 8.80. The van der Waals surface area contributed by atoms with Gasteiger partial charge in [0.2, 0.25) is 0 Å². The summed E-state index contributed by atoms with van der Waals surface area (Å²) < 4.78 is 0. The van der Waals surface area contributed by atoms with Crippen LogP contribution in [-0.4, -0.2) is 33.6 Å². The predicted octanol–water partition coefficient (Wildman–Crippen LogP) is 4.39. The molecule has 1 saturated heterocycles. The molecule has 0 amide bonds. The number of benzene rings is 1. The number of anilines is 3. The lowest BCUT2D eigenvalue weighted by molar-refractivity contribution is 0.363. The molecular formula is C19H20Cl2N6. The highest BCUT2D eigenvalue weighted by molar-refractivity contribution is 6.43. The predicted molar refractivity (Wildman–Crippen MR) is 111 cm³/mol. The van der Waals surface area contributed by atoms with Gasteiger partial charge in [0.05, 0.1) is 21.9 Å². The van der Waals surface area contributed by atoms with E-state index in [9.17, 15) is 0 Å². The van der Waals surface area contributed by atoms with Gasteiger partial charge >= 0.3 is 0 Å². The maximum atomic E-state index is 6.22. The number of hydrogen-bond acceptors (Lipinski definition) is 6. The third-order valence-electron chi connectivity index (χ3n) is 4.84. The van der Waals surface area contributed by atoms with Crippen LogP contribution in [0, 0.1) is 0 Å². The zero-order chi connectivity index (χ0) is 19.0. The Morgan fingerprint density at radius 1 is 1.11 bits per heavy atom. The molecule has 0 aliphatic carbocycles. The first-order chi connectivity index (χ1) is 12.9. The van der Waals surface area contributed by atoms with Crippen LogP contribution in [0.5, 0.6) is 0 Å². The molecule has 0 atom stereocenters. The van der Waals surface area contributed by atoms with Gasteiger partial charge in [0.1, 0.15) is 17.2 Å². The van der Waals surface area contributed by atoms with Gasteiger partial charge in [-0.25, -0.2) is 15.0 Å². The lowest BCUT2D eigenvalue weighted by Gasteiger charge is -2.37. The van der Waals surface area contributed by atoms with E-state index < -0.39 is 0 Å². The number of nitrogens with zero attached hydrogens (tertiary/aromatic N) is 4. The minimum atomic E-state index is -0.0927. The van der Waals surface area contributed by atoms with Gasteiger partial charge in [-0.2, -0.15) is 0 Å². The summed E-state index contributed by atoms with van der Waals surface area (Å²) in [6.07, 6.45) is 3.65. The lowest BCUT2D eigenvalue weighted by Crippen LogP contribution is -2.48. The summed E-state index contributed by atoms with van der Waals surface area (Å²) in [7, 11) is 0. The molecule has 1 aromatic carbocycles. The summed E-state index contributed by atoms with van der Waals surface area (Å²) in [5, 5.41) is 4.12. The van der Waals surface area contributed by atoms with Crippen molar-refractivity contribution in [3.8, 4) is 0 Å². The first-order valence-corrected chi connectivity index (χ1v) is 9.56. The van der Waals surface area contributed by atoms with Crippen LogP contribution in [0.25, 0.3) is 11.2 Å². The first kappa shape index (κ1) is 18.2. The Morgan fingerprint density at radius 3 is 2.67 bits per heavy atom. The Morgan fingerprint density at radius 2 is 1.89 bits per heavy atom. The summed E-state index contributed by atoms with van der Waals surface area (Å²) in [5.41, 5.74) is 8.13. The number of nitrogens with one attached hydrogen (secondary N) is 1. The molecule has 1 fully saturated rings. The van der Waals surface area contributed by atoms with E-state index in [1.807, 2.05) is 24.3 Å². The highest BCUT2D eigenvalue weighted by Gasteiger charge is 2.26. The fourth-order valence-corrected chi connectivity index (χ4v) is 3.45. The topological polar surface area (TPSA) is 80.0 Å². The van der Waals surface area contributed by atoms with Gasteiger partial charge in [-0.05, 0) is 44.0 Å². The van der Waals surface area contributed by atoms with E-state index in [0.717, 1.165) is 37.3 Å². The summed E-state index contributed by atoms with van der Waals surface area (Å²) in [5.74, 6) is 1.49. The Bertz CT molecular complexity index is 981. The number of pyridine rings is 1. The number of aromatic nitrogens is 3. The van der Waals surface area contributed by atoms with Gasteiger partial charge in [0, 0.05) is 18.6 Å². The summed E-state index contributed by atoms with van der Waals surface area (Å²) >= 11 is 12.3. The van der Waals surface area contributed by atoms with E-state index in [1.165, 1.54) is 0 Å². The SMILES string of the molecule is CC1(N)CCN(c2cnc3nc(Nc4cccc(Cl)c4Cl)ccc3n2)CC1. The van der Waals surface area contributed by atoms with Crippen molar-refractivity contribution in [3.63, 3.8) is 0 Å². The van der Waals surface area contributed by atoms with E-state index in [4.69, 9.17) is 33.9 Å². The number of fused-ring (bicyclic) bond motifs is 1. The van der Waals surface area contributed by atoms with Crippen LogP contribution in [-0.2, 0) is 0 Å². The van der Waals surface area contributed by atoms with E-state index in [1.54, 1.807) is 12.3 Å². The monoisotopic (exact) mass is 402 g/mol. The summed E-state index contributed by atoms with van der Waals surface area (Å²) in [6, 6.07) is 9.16. The Labute approximate surface area is 167 Å². The maximum Gasteiger partial charge on any atom is 0.180 e. The molecule has 0 radical (unpaired) electrons. The van der Waals surface area contributed by atoms with E-state index in [2.05, 4.69) is 27.1 Å². The van der Waals surface area contributed by atoms with Crippen molar-refractivity contribution in [1.29, 1.82) is 0 Å². The number of rotatable bonds is 3. The largest absolute Gasteiger partial charge is 0.355 e. The molecule has 3 heterocycles. The normalized spacial score (nSPS) is 16.5. The van der Waals surface area contributed by atoms with Crippen molar-refractivity contribution in [2.45, 2.75) is 25.3 Å².